The van der Waals surface area contributed by atoms with Crippen molar-refractivity contribution in [3.63, 3.8) is 0 Å². The smallest absolute Gasteiger partial charge is 0.305 e. The van der Waals surface area contributed by atoms with E-state index in [0.29, 0.717) is 6.42 Å². The van der Waals surface area contributed by atoms with E-state index in [2.05, 4.69) is 19.7 Å². The maximum absolute atomic E-state index is 11.3. The SMILES string of the molecule is COC(=O)CC(Cc1c[nH]c2ccccc12)N=[N+]=[N-]. The molecule has 0 bridgehead atoms. The lowest BCUT2D eigenvalue weighted by Crippen LogP contribution is -2.15. The predicted octanol–water partition coefficient (Wildman–Crippen LogP) is 2.95. The number of ether oxygens (including phenoxy) is 1. The van der Waals surface area contributed by atoms with E-state index in [1.165, 1.54) is 7.11 Å². The highest BCUT2D eigenvalue weighted by atomic mass is 16.5. The summed E-state index contributed by atoms with van der Waals surface area (Å²) >= 11 is 0. The molecule has 1 atom stereocenters. The van der Waals surface area contributed by atoms with Gasteiger partial charge in [0.1, 0.15) is 0 Å². The van der Waals surface area contributed by atoms with Gasteiger partial charge in [0.25, 0.3) is 0 Å². The predicted molar refractivity (Wildman–Crippen MR) is 71.6 cm³/mol. The Bertz CT molecular complexity index is 628. The van der Waals surface area contributed by atoms with E-state index in [9.17, 15) is 4.79 Å². The number of para-hydroxylation sites is 1. The molecule has 0 fully saturated rings. The van der Waals surface area contributed by atoms with Crippen LogP contribution in [0.1, 0.15) is 12.0 Å². The number of benzene rings is 1. The lowest BCUT2D eigenvalue weighted by atomic mass is 10.0. The second kappa shape index (κ2) is 5.93. The summed E-state index contributed by atoms with van der Waals surface area (Å²) in [4.78, 5) is 17.2. The van der Waals surface area contributed by atoms with Gasteiger partial charge in [-0.3, -0.25) is 4.79 Å². The maximum Gasteiger partial charge on any atom is 0.305 e. The molecular formula is C13H14N4O2. The fraction of sp³-hybridized carbons (Fsp3) is 0.308. The molecule has 0 saturated carbocycles. The highest BCUT2D eigenvalue weighted by Gasteiger charge is 2.15. The highest BCUT2D eigenvalue weighted by Crippen LogP contribution is 2.20. The quantitative estimate of drug-likeness (QED) is 0.386. The normalized spacial score (nSPS) is 11.8. The van der Waals surface area contributed by atoms with Crippen LogP contribution in [0.25, 0.3) is 21.3 Å². The highest BCUT2D eigenvalue weighted by molar-refractivity contribution is 5.83. The number of rotatable bonds is 5. The molecule has 0 aliphatic carbocycles. The number of H-pyrrole nitrogens is 1. The third-order valence-corrected chi connectivity index (χ3v) is 2.98. The Morgan fingerprint density at radius 1 is 1.53 bits per heavy atom. The molecule has 6 nitrogen and oxygen atoms in total. The van der Waals surface area contributed by atoms with Gasteiger partial charge in [-0.25, -0.2) is 0 Å². The third kappa shape index (κ3) is 3.05. The summed E-state index contributed by atoms with van der Waals surface area (Å²) in [5, 5.41) is 4.73. The van der Waals surface area contributed by atoms with E-state index >= 15 is 0 Å². The van der Waals surface area contributed by atoms with Crippen molar-refractivity contribution < 1.29 is 9.53 Å². The fourth-order valence-corrected chi connectivity index (χ4v) is 2.06. The number of fused-ring (bicyclic) bond motifs is 1. The number of aromatic nitrogens is 1. The van der Waals surface area contributed by atoms with E-state index in [1.54, 1.807) is 0 Å². The summed E-state index contributed by atoms with van der Waals surface area (Å²) in [7, 11) is 1.32. The van der Waals surface area contributed by atoms with Crippen LogP contribution >= 0.6 is 0 Å². The summed E-state index contributed by atoms with van der Waals surface area (Å²) in [6.45, 7) is 0. The minimum atomic E-state index is -0.434. The van der Waals surface area contributed by atoms with E-state index < -0.39 is 6.04 Å². The summed E-state index contributed by atoms with van der Waals surface area (Å²) in [6, 6.07) is 7.43. The summed E-state index contributed by atoms with van der Waals surface area (Å²) in [6.07, 6.45) is 2.46. The summed E-state index contributed by atoms with van der Waals surface area (Å²) in [5.41, 5.74) is 10.6. The lowest BCUT2D eigenvalue weighted by molar-refractivity contribution is -0.140. The van der Waals surface area contributed by atoms with Crippen LogP contribution < -0.4 is 0 Å². The number of carbonyl (C=O) groups excluding carboxylic acids is 1. The van der Waals surface area contributed by atoms with Gasteiger partial charge >= 0.3 is 5.97 Å². The van der Waals surface area contributed by atoms with Crippen molar-refractivity contribution >= 4 is 16.9 Å². The Labute approximate surface area is 110 Å². The molecule has 2 aromatic rings. The molecule has 98 valence electrons. The zero-order chi connectivity index (χ0) is 13.7. The van der Waals surface area contributed by atoms with Crippen LogP contribution in [0.15, 0.2) is 35.6 Å². The van der Waals surface area contributed by atoms with Crippen molar-refractivity contribution in [1.29, 1.82) is 0 Å². The van der Waals surface area contributed by atoms with E-state index in [0.717, 1.165) is 16.5 Å². The number of hydrogen-bond acceptors (Lipinski definition) is 3. The van der Waals surface area contributed by atoms with Crippen molar-refractivity contribution in [2.24, 2.45) is 5.11 Å². The van der Waals surface area contributed by atoms with E-state index in [-0.39, 0.29) is 12.4 Å². The van der Waals surface area contributed by atoms with Gasteiger partial charge in [0, 0.05) is 22.0 Å². The first-order valence-electron chi connectivity index (χ1n) is 5.90. The maximum atomic E-state index is 11.3. The van der Waals surface area contributed by atoms with E-state index in [1.807, 2.05) is 30.5 Å². The molecule has 0 amide bonds. The van der Waals surface area contributed by atoms with Gasteiger partial charge in [0.2, 0.25) is 0 Å². The number of esters is 1. The number of nitrogens with one attached hydrogen (secondary N) is 1. The standard InChI is InChI=1S/C13H14N4O2/c1-19-13(18)7-10(16-17-14)6-9-8-15-12-5-3-2-4-11(9)12/h2-5,8,10,15H,6-7H2,1H3. The topological polar surface area (TPSA) is 90.9 Å². The minimum absolute atomic E-state index is 0.0834. The molecule has 1 N–H and O–H groups in total. The third-order valence-electron chi connectivity index (χ3n) is 2.98. The Morgan fingerprint density at radius 3 is 3.05 bits per heavy atom. The zero-order valence-electron chi connectivity index (χ0n) is 10.5. The fourth-order valence-electron chi connectivity index (χ4n) is 2.06. The molecule has 1 heterocycles. The number of methoxy groups -OCH3 is 1. The van der Waals surface area contributed by atoms with Crippen LogP contribution in [0.5, 0.6) is 0 Å². The average molecular weight is 258 g/mol. The van der Waals surface area contributed by atoms with Gasteiger partial charge in [-0.1, -0.05) is 23.3 Å². The summed E-state index contributed by atoms with van der Waals surface area (Å²) < 4.78 is 4.60. The molecule has 1 aromatic carbocycles. The first kappa shape index (κ1) is 13.0. The van der Waals surface area contributed by atoms with Crippen molar-refractivity contribution in [2.45, 2.75) is 18.9 Å². The second-order valence-corrected chi connectivity index (χ2v) is 4.20. The van der Waals surface area contributed by atoms with Crippen molar-refractivity contribution in [1.82, 2.24) is 4.98 Å². The summed E-state index contributed by atoms with van der Waals surface area (Å²) in [5.74, 6) is -0.378. The van der Waals surface area contributed by atoms with Crippen molar-refractivity contribution in [2.75, 3.05) is 7.11 Å². The zero-order valence-corrected chi connectivity index (χ0v) is 10.5. The lowest BCUT2D eigenvalue weighted by Gasteiger charge is -2.08. The molecule has 1 aromatic heterocycles. The number of carbonyl (C=O) groups is 1. The molecule has 1 unspecified atom stereocenters. The molecule has 6 heteroatoms. The molecule has 0 aliphatic heterocycles. The number of hydrogen-bond donors (Lipinski definition) is 1. The van der Waals surface area contributed by atoms with Gasteiger partial charge < -0.3 is 9.72 Å². The van der Waals surface area contributed by atoms with Crippen LogP contribution in [-0.2, 0) is 16.0 Å². The Hall–Kier alpha value is -2.46. The Kier molecular flexibility index (Phi) is 4.05. The number of azide groups is 1. The number of aromatic amines is 1. The Balaban J connectivity index is 2.21. The van der Waals surface area contributed by atoms with Crippen molar-refractivity contribution in [3.8, 4) is 0 Å². The van der Waals surface area contributed by atoms with Crippen molar-refractivity contribution in [3.05, 3.63) is 46.5 Å². The molecule has 0 radical (unpaired) electrons. The van der Waals surface area contributed by atoms with Crippen LogP contribution in [0, 0.1) is 0 Å². The van der Waals surface area contributed by atoms with Crippen LogP contribution in [0.2, 0.25) is 0 Å². The molecule has 0 aliphatic rings. The van der Waals surface area contributed by atoms with Crippen LogP contribution in [-0.4, -0.2) is 24.1 Å². The van der Waals surface area contributed by atoms with Crippen LogP contribution in [0.4, 0.5) is 0 Å². The minimum Gasteiger partial charge on any atom is -0.469 e. The van der Waals surface area contributed by atoms with Gasteiger partial charge in [0.15, 0.2) is 0 Å². The largest absolute Gasteiger partial charge is 0.469 e. The van der Waals surface area contributed by atoms with Gasteiger partial charge in [-0.05, 0) is 23.6 Å². The van der Waals surface area contributed by atoms with Gasteiger partial charge in [0.05, 0.1) is 19.6 Å². The van der Waals surface area contributed by atoms with Gasteiger partial charge in [-0.2, -0.15) is 0 Å². The molecule has 0 saturated heterocycles. The first-order chi connectivity index (χ1) is 9.24. The van der Waals surface area contributed by atoms with Crippen LogP contribution in [0.3, 0.4) is 0 Å². The first-order valence-corrected chi connectivity index (χ1v) is 5.90. The molecular weight excluding hydrogens is 244 g/mol. The van der Waals surface area contributed by atoms with Gasteiger partial charge in [-0.15, -0.1) is 0 Å². The Morgan fingerprint density at radius 2 is 2.32 bits per heavy atom. The molecule has 0 spiro atoms. The monoisotopic (exact) mass is 258 g/mol. The van der Waals surface area contributed by atoms with E-state index in [4.69, 9.17) is 5.53 Å². The average Bonchev–Trinajstić information content (AvgIpc) is 2.82. The second-order valence-electron chi connectivity index (χ2n) is 4.20. The molecule has 2 rings (SSSR count). The molecule has 19 heavy (non-hydrogen) atoms. The number of nitrogens with zero attached hydrogens (tertiary/aromatic N) is 3.